The van der Waals surface area contributed by atoms with E-state index in [1.54, 1.807) is 0 Å². The Balaban J connectivity index is 0.0000256. The Kier molecular flexibility index (Phi) is 56.5. The number of sulfone groups is 8. The third kappa shape index (κ3) is 28.1. The number of aliphatic hydroxyl groups is 1. The number of hydrogen-bond donors (Lipinski definition) is 4. The summed E-state index contributed by atoms with van der Waals surface area (Å²) in [7, 11) is -59.2. The summed E-state index contributed by atoms with van der Waals surface area (Å²) in [5, 5.41) is -5.29. The van der Waals surface area contributed by atoms with Crippen molar-refractivity contribution in [1.82, 2.24) is 0 Å². The second-order valence-corrected chi connectivity index (χ2v) is 55.1. The van der Waals surface area contributed by atoms with Gasteiger partial charge in [-0.15, -0.1) is 0 Å². The van der Waals surface area contributed by atoms with Crippen LogP contribution in [0.15, 0.2) is 0 Å². The molecule has 30 heteroatoms. The molecule has 0 aliphatic heterocycles. The van der Waals surface area contributed by atoms with Gasteiger partial charge in [0.15, 0.2) is 78.7 Å². The van der Waals surface area contributed by atoms with Crippen LogP contribution in [0.5, 0.6) is 0 Å². The van der Waals surface area contributed by atoms with Crippen molar-refractivity contribution in [2.45, 2.75) is 541 Å². The van der Waals surface area contributed by atoms with Crippen molar-refractivity contribution in [3.05, 3.63) is 0 Å². The average molecular weight is 1830 g/mol. The van der Waals surface area contributed by atoms with E-state index in [2.05, 4.69) is 0 Å². The van der Waals surface area contributed by atoms with Gasteiger partial charge >= 0.3 is 7.82 Å². The molecule has 0 aromatic heterocycles. The highest BCUT2D eigenvalue weighted by Gasteiger charge is 3.02. The van der Waals surface area contributed by atoms with Crippen LogP contribution >= 0.6 is 7.82 Å². The fraction of sp³-hybridized carbons (Fsp3) is 1.00. The van der Waals surface area contributed by atoms with Crippen LogP contribution in [-0.4, -0.2) is 152 Å². The lowest BCUT2D eigenvalue weighted by atomic mass is 9.92. The summed E-state index contributed by atoms with van der Waals surface area (Å²) in [5.74, 6) is 0. The Morgan fingerprint density at radius 3 is 0.578 bits per heavy atom. The second-order valence-electron chi connectivity index (χ2n) is 34.2. The van der Waals surface area contributed by atoms with Gasteiger partial charge in [-0.25, -0.2) is 71.9 Å². The Labute approximate surface area is 713 Å². The van der Waals surface area contributed by atoms with E-state index in [0.717, 1.165) is 44.9 Å². The Morgan fingerprint density at radius 2 is 0.397 bits per heavy atom. The molecule has 21 nitrogen and oxygen atoms in total. The summed E-state index contributed by atoms with van der Waals surface area (Å²) in [5.41, 5.74) is 0. The highest BCUT2D eigenvalue weighted by molar-refractivity contribution is 8.22. The van der Waals surface area contributed by atoms with Gasteiger partial charge in [-0.2, -0.15) is 0 Å². The first-order valence-electron chi connectivity index (χ1n) is 46.9. The number of phosphoric acid groups is 1. The van der Waals surface area contributed by atoms with Crippen LogP contribution < -0.4 is 0 Å². The molecule has 116 heavy (non-hydrogen) atoms. The molecule has 0 spiro atoms. The molecule has 0 amide bonds. The minimum absolute atomic E-state index is 0.0190. The average Bonchev–Trinajstić information content (AvgIpc) is 0.602. The van der Waals surface area contributed by atoms with Crippen molar-refractivity contribution in [3.8, 4) is 0 Å². The number of unbranched alkanes of at least 4 members (excludes halogenated alkanes) is 32. The van der Waals surface area contributed by atoms with Gasteiger partial charge in [0, 0.05) is 6.42 Å². The highest BCUT2D eigenvalue weighted by Crippen LogP contribution is 2.73. The normalized spacial score (nSPS) is 21.8. The van der Waals surface area contributed by atoms with Gasteiger partial charge in [-0.3, -0.25) is 0 Å². The maximum absolute atomic E-state index is 19.8. The molecule has 0 bridgehead atoms. The maximum atomic E-state index is 19.8. The van der Waals surface area contributed by atoms with Crippen LogP contribution in [0.25, 0.3) is 0 Å². The molecular formula is C86H175O21PS8. The lowest BCUT2D eigenvalue weighted by Crippen LogP contribution is -2.96. The van der Waals surface area contributed by atoms with E-state index in [9.17, 15) is 0 Å². The van der Waals surface area contributed by atoms with E-state index in [4.69, 9.17) is 19.2 Å². The summed E-state index contributed by atoms with van der Waals surface area (Å²) < 4.78 is 300. The van der Waals surface area contributed by atoms with Gasteiger partial charge in [0.1, 0.15) is 5.25 Å². The maximum Gasteiger partial charge on any atom is 0.466 e. The van der Waals surface area contributed by atoms with E-state index < -0.39 is 254 Å². The zero-order valence-corrected chi connectivity index (χ0v) is 83.4. The smallest absolute Gasteiger partial charge is 0.372 e. The Hall–Kier alpha value is -0.330. The topological polar surface area (TPSA) is 371 Å². The van der Waals surface area contributed by atoms with Crippen LogP contribution in [0.1, 0.15) is 477 Å². The van der Waals surface area contributed by atoms with Crippen molar-refractivity contribution < 1.29 is 91.7 Å². The Morgan fingerprint density at radius 1 is 0.241 bits per heavy atom. The van der Waals surface area contributed by atoms with E-state index in [0.29, 0.717) is 135 Å². The van der Waals surface area contributed by atoms with Gasteiger partial charge in [-0.1, -0.05) is 368 Å². The minimum Gasteiger partial charge on any atom is -0.372 e. The van der Waals surface area contributed by atoms with E-state index in [1.807, 2.05) is 55.4 Å². The molecule has 0 aromatic rings. The van der Waals surface area contributed by atoms with Gasteiger partial charge in [0.25, 0.3) is 4.08 Å². The van der Waals surface area contributed by atoms with Crippen molar-refractivity contribution in [1.29, 1.82) is 0 Å². The summed E-state index contributed by atoms with van der Waals surface area (Å²) in [4.78, 5) is 16.6. The van der Waals surface area contributed by atoms with Crippen LogP contribution in [-0.2, 0) is 83.3 Å². The predicted molar refractivity (Wildman–Crippen MR) is 487 cm³/mol. The molecule has 10 unspecified atom stereocenters. The molecule has 1 rings (SSSR count). The quantitative estimate of drug-likeness (QED) is 0.0324. The molecule has 0 heterocycles. The SMILES string of the molecule is CCCCCCCC(CC)S(=O)(=O)C1CC(O)(S(=O)(=O)C(CC)CCCCCCC)C(S(=O)(=O)C(CC)CCCCCCC)(S(=O)(=O)C(CC)CCCCCCC)C(S(=O)(=O)C(CC)CCCCCCC)(S(=O)(=O)C(CC)CCCCCCC)C1(S(=O)(=O)C(CC)CCCCCCC)S(=O)(=O)C(CC)CCCCCCC.O=P(O)(O)O. The van der Waals surface area contributed by atoms with Crippen molar-refractivity contribution in [2.24, 2.45) is 0 Å². The monoisotopic (exact) mass is 1830 g/mol. The molecule has 1 saturated carbocycles. The molecule has 1 aliphatic carbocycles. The number of rotatable bonds is 72. The summed E-state index contributed by atoms with van der Waals surface area (Å²) in [6.45, 7) is 27.0. The molecule has 1 fully saturated rings. The van der Waals surface area contributed by atoms with Gasteiger partial charge < -0.3 is 19.8 Å². The zero-order valence-electron chi connectivity index (χ0n) is 75.9. The minimum atomic E-state index is -7.16. The highest BCUT2D eigenvalue weighted by atomic mass is 32.3. The molecule has 0 aromatic carbocycles. The van der Waals surface area contributed by atoms with E-state index in [-0.39, 0.29) is 83.5 Å². The fourth-order valence-electron chi connectivity index (χ4n) is 19.1. The molecule has 10 atom stereocenters. The molecule has 0 saturated heterocycles. The van der Waals surface area contributed by atoms with E-state index >= 15 is 72.4 Å². The molecular weight excluding hydrogens is 1660 g/mol. The first-order valence-corrected chi connectivity index (χ1v) is 60.9. The van der Waals surface area contributed by atoms with Gasteiger partial charge in [0.05, 0.1) is 42.0 Å². The third-order valence-corrected chi connectivity index (χ3v) is 54.6. The fourth-order valence-corrected chi connectivity index (χ4v) is 54.1. The summed E-state index contributed by atoms with van der Waals surface area (Å²) >= 11 is 0. The summed E-state index contributed by atoms with van der Waals surface area (Å²) in [6.07, 6.45) is 6.25. The largest absolute Gasteiger partial charge is 0.466 e. The lowest BCUT2D eigenvalue weighted by molar-refractivity contribution is 0.0608. The molecule has 4 N–H and O–H groups in total. The lowest BCUT2D eigenvalue weighted by Gasteiger charge is -2.66. The standard InChI is InChI=1S/C86H172O17S8.H3O4P/c1-17-33-41-49-57-65-74(25-9)104(88,89)82-73-83(87,105(90,91)75(26-10)66-58-50-42-34-18-2)85(108(96,97)78(29-13)69-61-53-45-37-21-5,109(98,99)79(30-14)70-62-54-46-38-22-6)86(110(100,101)80(31-15)71-63-55-47-39-23-7,111(102,103)81(32-16)72-64-56-48-40-24-8)84(82,106(92,93)76(27-11)67-59-51-43-35-19-3)107(94,95)77(28-12)68-60-52-44-36-20-4;1-5(2,3)4/h74-82,87H,17-73H2,1-16H3;(H3,1,2,3,4). The van der Waals surface area contributed by atoms with Crippen molar-refractivity contribution >= 4 is 86.5 Å². The Bertz CT molecular complexity index is 3490. The van der Waals surface area contributed by atoms with Gasteiger partial charge in [0.2, 0.25) is 13.1 Å². The van der Waals surface area contributed by atoms with Crippen LogP contribution in [0.4, 0.5) is 0 Å². The van der Waals surface area contributed by atoms with E-state index in [1.165, 1.54) is 55.4 Å². The third-order valence-electron chi connectivity index (χ3n) is 25.8. The van der Waals surface area contributed by atoms with Crippen LogP contribution in [0, 0.1) is 0 Å². The molecule has 1 aliphatic rings. The van der Waals surface area contributed by atoms with Crippen molar-refractivity contribution in [3.63, 3.8) is 0 Å². The molecule has 698 valence electrons. The van der Waals surface area contributed by atoms with Crippen LogP contribution in [0.3, 0.4) is 0 Å². The first-order chi connectivity index (χ1) is 54.5. The van der Waals surface area contributed by atoms with Crippen LogP contribution in [0.2, 0.25) is 0 Å². The van der Waals surface area contributed by atoms with Gasteiger partial charge in [-0.05, 0) is 103 Å². The number of hydrogen-bond acceptors (Lipinski definition) is 18. The molecule has 0 radical (unpaired) electrons. The predicted octanol–water partition coefficient (Wildman–Crippen LogP) is 22.0. The second kappa shape index (κ2) is 56.7. The zero-order chi connectivity index (χ0) is 89.0. The first kappa shape index (κ1) is 116. The summed E-state index contributed by atoms with van der Waals surface area (Å²) in [6, 6.07) is 0. The van der Waals surface area contributed by atoms with Crippen molar-refractivity contribution in [2.75, 3.05) is 0 Å².